The van der Waals surface area contributed by atoms with Crippen LogP contribution in [0.1, 0.15) is 41.5 Å². The maximum atomic E-state index is 14.0. The molecule has 2 amide bonds. The Hall–Kier alpha value is -3.98. The van der Waals surface area contributed by atoms with E-state index in [0.717, 1.165) is 35.1 Å². The van der Waals surface area contributed by atoms with Crippen LogP contribution in [-0.4, -0.2) is 37.2 Å². The highest BCUT2D eigenvalue weighted by Crippen LogP contribution is 2.23. The number of amides is 2. The fourth-order valence-corrected chi connectivity index (χ4v) is 6.50. The quantitative estimate of drug-likeness (QED) is 0.188. The summed E-state index contributed by atoms with van der Waals surface area (Å²) in [7, 11) is -3.55. The van der Waals surface area contributed by atoms with Crippen molar-refractivity contribution in [2.24, 2.45) is 0 Å². The Morgan fingerprint density at radius 1 is 0.795 bits per heavy atom. The van der Waals surface area contributed by atoms with Crippen molar-refractivity contribution in [3.05, 3.63) is 136 Å². The van der Waals surface area contributed by atoms with Crippen molar-refractivity contribution in [1.82, 2.24) is 14.9 Å². The largest absolute Gasteiger partial charge is 0.350 e. The summed E-state index contributed by atoms with van der Waals surface area (Å²) in [5.41, 5.74) is 3.48. The number of sulfonamides is 1. The molecule has 1 atom stereocenters. The van der Waals surface area contributed by atoms with Crippen molar-refractivity contribution in [2.75, 3.05) is 0 Å². The number of hydrogen-bond acceptors (Lipinski definition) is 4. The number of hydrogen-bond donors (Lipinski definition) is 2. The fourth-order valence-electron chi connectivity index (χ4n) is 4.99. The highest BCUT2D eigenvalue weighted by atomic mass is 35.5. The van der Waals surface area contributed by atoms with Crippen LogP contribution in [-0.2, 0) is 45.5 Å². The molecule has 4 aromatic carbocycles. The van der Waals surface area contributed by atoms with E-state index in [1.54, 1.807) is 35.2 Å². The molecule has 1 fully saturated rings. The van der Waals surface area contributed by atoms with E-state index in [1.807, 2.05) is 78.9 Å². The number of carbonyl (C=O) groups excluding carboxylic acids is 2. The van der Waals surface area contributed by atoms with E-state index in [0.29, 0.717) is 17.9 Å². The van der Waals surface area contributed by atoms with Crippen LogP contribution in [0.15, 0.2) is 114 Å². The average Bonchev–Trinajstić information content (AvgIpc) is 3.85. The Bertz CT molecular complexity index is 1660. The molecule has 1 aliphatic carbocycles. The predicted octanol–water partition coefficient (Wildman–Crippen LogP) is 5.67. The lowest BCUT2D eigenvalue weighted by atomic mass is 10.0. The van der Waals surface area contributed by atoms with Gasteiger partial charge in [-0.05, 0) is 59.7 Å². The van der Waals surface area contributed by atoms with E-state index < -0.39 is 16.1 Å². The SMILES string of the molecule is O=C(NCc1ccccc1Cl)[C@@H](Cc1ccccc1)N(Cc1ccccc1)C(=O)CCc1ccc(S(=O)(=O)NC2CC2)cc1. The van der Waals surface area contributed by atoms with Crippen molar-refractivity contribution in [2.45, 2.75) is 62.2 Å². The van der Waals surface area contributed by atoms with E-state index >= 15 is 0 Å². The van der Waals surface area contributed by atoms with E-state index in [4.69, 9.17) is 11.6 Å². The molecule has 1 aliphatic rings. The molecule has 0 spiro atoms. The van der Waals surface area contributed by atoms with E-state index in [-0.39, 0.29) is 42.3 Å². The topological polar surface area (TPSA) is 95.6 Å². The molecule has 9 heteroatoms. The van der Waals surface area contributed by atoms with Crippen LogP contribution < -0.4 is 10.0 Å². The van der Waals surface area contributed by atoms with Gasteiger partial charge in [-0.2, -0.15) is 0 Å². The summed E-state index contributed by atoms with van der Waals surface area (Å²) >= 11 is 6.34. The Balaban J connectivity index is 1.35. The van der Waals surface area contributed by atoms with E-state index in [2.05, 4.69) is 10.0 Å². The molecule has 4 aromatic rings. The molecule has 1 saturated carbocycles. The number of carbonyl (C=O) groups is 2. The van der Waals surface area contributed by atoms with Crippen LogP contribution in [0.2, 0.25) is 5.02 Å². The highest BCUT2D eigenvalue weighted by molar-refractivity contribution is 7.89. The fraction of sp³-hybridized carbons (Fsp3) is 0.257. The first-order valence-electron chi connectivity index (χ1n) is 14.8. The summed E-state index contributed by atoms with van der Waals surface area (Å²) in [6.45, 7) is 0.503. The van der Waals surface area contributed by atoms with Gasteiger partial charge >= 0.3 is 0 Å². The van der Waals surface area contributed by atoms with Gasteiger partial charge in [-0.3, -0.25) is 9.59 Å². The Morgan fingerprint density at radius 3 is 2.05 bits per heavy atom. The molecule has 0 saturated heterocycles. The van der Waals surface area contributed by atoms with Crippen LogP contribution in [0.3, 0.4) is 0 Å². The first-order valence-corrected chi connectivity index (χ1v) is 16.6. The van der Waals surface area contributed by atoms with E-state index in [9.17, 15) is 18.0 Å². The van der Waals surface area contributed by atoms with Gasteiger partial charge in [0.15, 0.2) is 0 Å². The molecule has 2 N–H and O–H groups in total. The molecule has 0 bridgehead atoms. The summed E-state index contributed by atoms with van der Waals surface area (Å²) in [5.74, 6) is -0.439. The molecule has 5 rings (SSSR count). The van der Waals surface area contributed by atoms with Gasteiger partial charge in [0.1, 0.15) is 6.04 Å². The monoisotopic (exact) mass is 629 g/mol. The zero-order valence-electron chi connectivity index (χ0n) is 24.4. The molecule has 0 radical (unpaired) electrons. The second-order valence-corrected chi connectivity index (χ2v) is 13.2. The van der Waals surface area contributed by atoms with E-state index in [1.165, 1.54) is 0 Å². The molecule has 0 aliphatic heterocycles. The highest BCUT2D eigenvalue weighted by Gasteiger charge is 2.31. The Labute approximate surface area is 264 Å². The number of rotatable bonds is 14. The zero-order chi connectivity index (χ0) is 30.9. The summed E-state index contributed by atoms with van der Waals surface area (Å²) in [4.78, 5) is 29.7. The normalized spacial score (nSPS) is 13.7. The van der Waals surface area contributed by atoms with Crippen LogP contribution in [0.5, 0.6) is 0 Å². The second-order valence-electron chi connectivity index (χ2n) is 11.1. The maximum Gasteiger partial charge on any atom is 0.243 e. The number of nitrogens with one attached hydrogen (secondary N) is 2. The molecular weight excluding hydrogens is 594 g/mol. The third-order valence-electron chi connectivity index (χ3n) is 7.64. The van der Waals surface area contributed by atoms with Gasteiger partial charge in [-0.15, -0.1) is 0 Å². The third kappa shape index (κ3) is 8.78. The minimum absolute atomic E-state index is 0.0265. The predicted molar refractivity (Wildman–Crippen MR) is 172 cm³/mol. The van der Waals surface area contributed by atoms with Gasteiger partial charge in [0, 0.05) is 37.0 Å². The van der Waals surface area contributed by atoms with Gasteiger partial charge < -0.3 is 10.2 Å². The minimum Gasteiger partial charge on any atom is -0.350 e. The van der Waals surface area contributed by atoms with Crippen molar-refractivity contribution in [3.63, 3.8) is 0 Å². The number of nitrogens with zero attached hydrogens (tertiary/aromatic N) is 1. The lowest BCUT2D eigenvalue weighted by Gasteiger charge is -2.32. The van der Waals surface area contributed by atoms with Gasteiger partial charge in [-0.25, -0.2) is 13.1 Å². The molecule has 228 valence electrons. The summed E-state index contributed by atoms with van der Waals surface area (Å²) in [6, 6.07) is 32.5. The summed E-state index contributed by atoms with van der Waals surface area (Å²) < 4.78 is 27.8. The molecule has 0 heterocycles. The van der Waals surface area contributed by atoms with Crippen LogP contribution >= 0.6 is 11.6 Å². The number of aryl methyl sites for hydroxylation is 1. The summed E-state index contributed by atoms with van der Waals surface area (Å²) in [5, 5.41) is 3.57. The molecule has 0 aromatic heterocycles. The molecule has 7 nitrogen and oxygen atoms in total. The average molecular weight is 630 g/mol. The number of benzene rings is 4. The van der Waals surface area contributed by atoms with Crippen molar-refractivity contribution >= 4 is 33.4 Å². The first-order chi connectivity index (χ1) is 21.3. The van der Waals surface area contributed by atoms with Crippen LogP contribution in [0, 0.1) is 0 Å². The van der Waals surface area contributed by atoms with Crippen LogP contribution in [0.4, 0.5) is 0 Å². The Kier molecular flexibility index (Phi) is 10.5. The van der Waals surface area contributed by atoms with Crippen molar-refractivity contribution < 1.29 is 18.0 Å². The van der Waals surface area contributed by atoms with Gasteiger partial charge in [0.05, 0.1) is 4.90 Å². The number of halogens is 1. The lowest BCUT2D eigenvalue weighted by molar-refractivity contribution is -0.141. The zero-order valence-corrected chi connectivity index (χ0v) is 25.9. The first kappa shape index (κ1) is 31.4. The van der Waals surface area contributed by atoms with Crippen molar-refractivity contribution in [1.29, 1.82) is 0 Å². The van der Waals surface area contributed by atoms with Gasteiger partial charge in [0.2, 0.25) is 21.8 Å². The van der Waals surface area contributed by atoms with Crippen molar-refractivity contribution in [3.8, 4) is 0 Å². The maximum absolute atomic E-state index is 14.0. The summed E-state index contributed by atoms with van der Waals surface area (Å²) in [6.07, 6.45) is 2.63. The second kappa shape index (κ2) is 14.7. The lowest BCUT2D eigenvalue weighted by Crippen LogP contribution is -2.50. The van der Waals surface area contributed by atoms with Gasteiger partial charge in [0.25, 0.3) is 0 Å². The van der Waals surface area contributed by atoms with Crippen LogP contribution in [0.25, 0.3) is 0 Å². The molecule has 0 unspecified atom stereocenters. The molecule has 44 heavy (non-hydrogen) atoms. The minimum atomic E-state index is -3.55. The Morgan fingerprint density at radius 2 is 1.41 bits per heavy atom. The smallest absolute Gasteiger partial charge is 0.243 e. The van der Waals surface area contributed by atoms with Gasteiger partial charge in [-0.1, -0.05) is 103 Å². The molecular formula is C35H36ClN3O4S. The standard InChI is InChI=1S/C35H36ClN3O4S/c36-32-14-8-7-13-29(32)24-37-35(41)33(23-27-9-3-1-4-10-27)39(25-28-11-5-2-6-12-28)34(40)22-17-26-15-20-31(21-16-26)44(42,43)38-30-18-19-30/h1-16,20-21,30,33,38H,17-19,22-25H2,(H,37,41)/t33-/m1/s1. The third-order valence-corrected chi connectivity index (χ3v) is 9.54.